The predicted octanol–water partition coefficient (Wildman–Crippen LogP) is 1.27. The van der Waals surface area contributed by atoms with Crippen molar-refractivity contribution in [2.45, 2.75) is 26.2 Å². The van der Waals surface area contributed by atoms with Crippen LogP contribution in [-0.2, 0) is 9.47 Å². The van der Waals surface area contributed by atoms with Crippen LogP contribution in [-0.4, -0.2) is 48.4 Å². The van der Waals surface area contributed by atoms with E-state index in [1.54, 1.807) is 0 Å². The van der Waals surface area contributed by atoms with Crippen LogP contribution in [0.2, 0.25) is 0 Å². The van der Waals surface area contributed by atoms with Crippen LogP contribution in [0.4, 0.5) is 27.5 Å². The fourth-order valence-electron chi connectivity index (χ4n) is 1.06. The van der Waals surface area contributed by atoms with Crippen molar-refractivity contribution in [3.63, 3.8) is 0 Å². The van der Waals surface area contributed by atoms with Crippen LogP contribution in [0.25, 0.3) is 0 Å². The topological polar surface area (TPSA) is 83.1 Å². The average Bonchev–Trinajstić information content (AvgIpc) is 2.33. The first-order valence-electron chi connectivity index (χ1n) is 5.41. The highest BCUT2D eigenvalue weighted by molar-refractivity contribution is 5.69. The van der Waals surface area contributed by atoms with E-state index in [0.29, 0.717) is 0 Å². The molecule has 2 amide bonds. The van der Waals surface area contributed by atoms with Gasteiger partial charge in [0.05, 0.1) is 13.2 Å². The van der Waals surface area contributed by atoms with Gasteiger partial charge in [-0.2, -0.15) is 0 Å². The lowest BCUT2D eigenvalue weighted by Crippen LogP contribution is -2.60. The van der Waals surface area contributed by atoms with Crippen molar-refractivity contribution in [1.29, 1.82) is 0 Å². The highest BCUT2D eigenvalue weighted by Gasteiger charge is 2.38. The van der Waals surface area contributed by atoms with E-state index >= 15 is 0 Å². The van der Waals surface area contributed by atoms with Gasteiger partial charge in [0, 0.05) is 10.7 Å². The van der Waals surface area contributed by atoms with Gasteiger partial charge < -0.3 is 9.47 Å². The van der Waals surface area contributed by atoms with Crippen molar-refractivity contribution in [1.82, 2.24) is 21.3 Å². The molecular formula is C8H14F4N4O4. The molecule has 2 unspecified atom stereocenters. The normalized spacial score (nSPS) is 13.8. The molecule has 2 N–H and O–H groups in total. The third-order valence-electron chi connectivity index (χ3n) is 1.80. The summed E-state index contributed by atoms with van der Waals surface area (Å²) in [7, 11) is 0. The lowest BCUT2D eigenvalue weighted by molar-refractivity contribution is -0.266. The largest absolute Gasteiger partial charge is 0.450 e. The molecule has 0 spiro atoms. The van der Waals surface area contributed by atoms with Crippen LogP contribution in [0.15, 0.2) is 0 Å². The minimum Gasteiger partial charge on any atom is -0.450 e. The van der Waals surface area contributed by atoms with Crippen molar-refractivity contribution < 1.29 is 37.0 Å². The first kappa shape index (κ1) is 18.2. The first-order chi connectivity index (χ1) is 9.33. The number of amides is 2. The number of alkyl carbamates (subject to hydrolysis) is 2. The zero-order valence-corrected chi connectivity index (χ0v) is 10.6. The van der Waals surface area contributed by atoms with E-state index in [9.17, 15) is 27.5 Å². The van der Waals surface area contributed by atoms with Gasteiger partial charge in [0.25, 0.3) is 0 Å². The Balaban J connectivity index is 4.86. The maximum Gasteiger partial charge on any atom is 0.408 e. The molecule has 0 saturated heterocycles. The second-order valence-electron chi connectivity index (χ2n) is 3.14. The molecule has 20 heavy (non-hydrogen) atoms. The van der Waals surface area contributed by atoms with Gasteiger partial charge in [-0.3, -0.25) is 10.6 Å². The fraction of sp³-hybridized carbons (Fsp3) is 0.750. The standard InChI is InChI=1S/C8H14F4N4O4/c1-3-19-7(17)13-5(15(9)10)6(16(11)12)14-8(18)20-4-2/h5-6H,3-4H2,1-2H3,(H,13,17)(H,14,18). The lowest BCUT2D eigenvalue weighted by atomic mass is 10.4. The second kappa shape index (κ2) is 9.14. The molecule has 0 aliphatic heterocycles. The third-order valence-corrected chi connectivity index (χ3v) is 1.80. The molecule has 0 bridgehead atoms. The van der Waals surface area contributed by atoms with Gasteiger partial charge in [0.2, 0.25) is 0 Å². The van der Waals surface area contributed by atoms with Crippen molar-refractivity contribution >= 4 is 12.2 Å². The van der Waals surface area contributed by atoms with E-state index in [1.807, 2.05) is 0 Å². The highest BCUT2D eigenvalue weighted by atomic mass is 19.4. The molecule has 0 aromatic heterocycles. The number of hydrogen-bond donors (Lipinski definition) is 2. The molecule has 0 radical (unpaired) electrons. The molecule has 0 heterocycles. The molecule has 0 rings (SSSR count). The van der Waals surface area contributed by atoms with Gasteiger partial charge in [-0.1, -0.05) is 17.9 Å². The molecule has 0 aromatic carbocycles. The van der Waals surface area contributed by atoms with Crippen LogP contribution < -0.4 is 10.6 Å². The lowest BCUT2D eigenvalue weighted by Gasteiger charge is -2.26. The Labute approximate surface area is 111 Å². The van der Waals surface area contributed by atoms with Gasteiger partial charge in [-0.05, 0) is 13.8 Å². The molecule has 0 aromatic rings. The zero-order chi connectivity index (χ0) is 15.7. The summed E-state index contributed by atoms with van der Waals surface area (Å²) in [6.45, 7) is 2.48. The molecule has 12 heteroatoms. The Morgan fingerprint density at radius 3 is 1.40 bits per heavy atom. The summed E-state index contributed by atoms with van der Waals surface area (Å²) in [5, 5.41) is -0.479. The fourth-order valence-corrected chi connectivity index (χ4v) is 1.06. The molecule has 0 fully saturated rings. The van der Waals surface area contributed by atoms with Crippen LogP contribution >= 0.6 is 0 Å². The smallest absolute Gasteiger partial charge is 0.408 e. The van der Waals surface area contributed by atoms with Gasteiger partial charge in [-0.15, -0.1) is 0 Å². The van der Waals surface area contributed by atoms with E-state index in [-0.39, 0.29) is 13.2 Å². The minimum atomic E-state index is -2.55. The number of ether oxygens (including phenoxy) is 2. The Morgan fingerprint density at radius 1 is 0.900 bits per heavy atom. The van der Waals surface area contributed by atoms with Gasteiger partial charge in [-0.25, -0.2) is 9.59 Å². The molecule has 0 aliphatic carbocycles. The monoisotopic (exact) mass is 306 g/mol. The molecule has 2 atom stereocenters. The van der Waals surface area contributed by atoms with Gasteiger partial charge in [0.15, 0.2) is 12.3 Å². The number of nitrogens with one attached hydrogen (secondary N) is 2. The van der Waals surface area contributed by atoms with Crippen LogP contribution in [0.3, 0.4) is 0 Å². The summed E-state index contributed by atoms with van der Waals surface area (Å²) < 4.78 is 58.8. The van der Waals surface area contributed by atoms with Gasteiger partial charge in [0.1, 0.15) is 0 Å². The van der Waals surface area contributed by atoms with Gasteiger partial charge >= 0.3 is 12.2 Å². The van der Waals surface area contributed by atoms with E-state index in [4.69, 9.17) is 0 Å². The quantitative estimate of drug-likeness (QED) is 0.419. The summed E-state index contributed by atoms with van der Waals surface area (Å²) >= 11 is 0. The Bertz CT molecular complexity index is 291. The first-order valence-corrected chi connectivity index (χ1v) is 5.41. The molecule has 0 saturated carbocycles. The van der Waals surface area contributed by atoms with E-state index in [0.717, 1.165) is 0 Å². The van der Waals surface area contributed by atoms with Crippen LogP contribution in [0.1, 0.15) is 13.8 Å². The number of nitrogens with zero attached hydrogens (tertiary/aromatic N) is 2. The maximum atomic E-state index is 12.6. The number of halogens is 4. The SMILES string of the molecule is CCOC(=O)NC(C(NC(=O)OCC)N(F)F)N(F)F. The van der Waals surface area contributed by atoms with Crippen LogP contribution in [0.5, 0.6) is 0 Å². The summed E-state index contributed by atoms with van der Waals surface area (Å²) in [6, 6.07) is 0. The van der Waals surface area contributed by atoms with Crippen molar-refractivity contribution in [3.8, 4) is 0 Å². The Morgan fingerprint density at radius 2 is 1.20 bits per heavy atom. The van der Waals surface area contributed by atoms with E-state index in [1.165, 1.54) is 24.5 Å². The summed E-state index contributed by atoms with van der Waals surface area (Å²) in [6.07, 6.45) is -7.80. The van der Waals surface area contributed by atoms with Crippen molar-refractivity contribution in [3.05, 3.63) is 0 Å². The second-order valence-corrected chi connectivity index (χ2v) is 3.14. The number of carbonyl (C=O) groups excluding carboxylic acids is 2. The Hall–Kier alpha value is -1.82. The average molecular weight is 306 g/mol. The zero-order valence-electron chi connectivity index (χ0n) is 10.6. The predicted molar refractivity (Wildman–Crippen MR) is 56.0 cm³/mol. The number of hydrogen-bond acceptors (Lipinski definition) is 6. The van der Waals surface area contributed by atoms with Crippen LogP contribution in [0, 0.1) is 0 Å². The summed E-state index contributed by atoms with van der Waals surface area (Å²) in [5.41, 5.74) is 0. The van der Waals surface area contributed by atoms with E-state index in [2.05, 4.69) is 9.47 Å². The highest BCUT2D eigenvalue weighted by Crippen LogP contribution is 2.10. The number of carbonyl (C=O) groups is 2. The molecular weight excluding hydrogens is 292 g/mol. The maximum absolute atomic E-state index is 12.6. The summed E-state index contributed by atoms with van der Waals surface area (Å²) in [4.78, 5) is 22.0. The summed E-state index contributed by atoms with van der Waals surface area (Å²) in [5.74, 6) is 0. The third kappa shape index (κ3) is 6.38. The molecule has 8 nitrogen and oxygen atoms in total. The minimum absolute atomic E-state index is 0.151. The molecule has 0 aliphatic rings. The number of rotatable bonds is 7. The van der Waals surface area contributed by atoms with Crippen molar-refractivity contribution in [2.75, 3.05) is 13.2 Å². The Kier molecular flexibility index (Phi) is 8.31. The molecule has 118 valence electrons. The van der Waals surface area contributed by atoms with Crippen molar-refractivity contribution in [2.24, 2.45) is 0 Å². The van der Waals surface area contributed by atoms with E-state index < -0.39 is 35.2 Å².